The number of nitrogens with one attached hydrogen (secondary N) is 1. The van der Waals surface area contributed by atoms with Crippen molar-refractivity contribution in [2.75, 3.05) is 20.7 Å². The molecule has 1 saturated heterocycles. The first-order valence-electron chi connectivity index (χ1n) is 7.62. The molecular formula is C16H25N3O2. The van der Waals surface area contributed by atoms with E-state index in [0.717, 1.165) is 24.7 Å². The van der Waals surface area contributed by atoms with Crippen molar-refractivity contribution in [1.82, 2.24) is 10.2 Å². The predicted octanol–water partition coefficient (Wildman–Crippen LogP) is 2.10. The number of ether oxygens (including phenoxy) is 1. The van der Waals surface area contributed by atoms with Crippen LogP contribution in [0.15, 0.2) is 27.8 Å². The van der Waals surface area contributed by atoms with E-state index in [0.29, 0.717) is 24.6 Å². The zero-order chi connectivity index (χ0) is 15.0. The minimum absolute atomic E-state index is 0.155. The minimum Gasteiger partial charge on any atom is -0.467 e. The van der Waals surface area contributed by atoms with Gasteiger partial charge in [-0.15, -0.1) is 0 Å². The van der Waals surface area contributed by atoms with E-state index in [1.54, 1.807) is 6.26 Å². The molecule has 1 N–H and O–H groups in total. The zero-order valence-electron chi connectivity index (χ0n) is 13.3. The van der Waals surface area contributed by atoms with Gasteiger partial charge in [-0.1, -0.05) is 13.8 Å². The SMILES string of the molecule is CN=C(NC1C2CCOC2C1(C)C)N(C)Cc1ccco1. The molecule has 0 radical (unpaired) electrons. The number of hydrogen-bond acceptors (Lipinski definition) is 3. The Morgan fingerprint density at radius 2 is 2.33 bits per heavy atom. The van der Waals surface area contributed by atoms with Gasteiger partial charge in [-0.2, -0.15) is 0 Å². The lowest BCUT2D eigenvalue weighted by atomic mass is 9.57. The molecule has 21 heavy (non-hydrogen) atoms. The van der Waals surface area contributed by atoms with Crippen LogP contribution in [0.4, 0.5) is 0 Å². The van der Waals surface area contributed by atoms with Crippen LogP contribution in [0.3, 0.4) is 0 Å². The number of guanidine groups is 1. The highest BCUT2D eigenvalue weighted by molar-refractivity contribution is 5.80. The Kier molecular flexibility index (Phi) is 3.69. The fraction of sp³-hybridized carbons (Fsp3) is 0.688. The van der Waals surface area contributed by atoms with Gasteiger partial charge in [0, 0.05) is 38.1 Å². The molecule has 1 aliphatic carbocycles. The topological polar surface area (TPSA) is 50.0 Å². The molecule has 1 aromatic heterocycles. The van der Waals surface area contributed by atoms with Crippen LogP contribution in [0.1, 0.15) is 26.0 Å². The van der Waals surface area contributed by atoms with Gasteiger partial charge in [0.1, 0.15) is 5.76 Å². The van der Waals surface area contributed by atoms with E-state index >= 15 is 0 Å². The maximum absolute atomic E-state index is 5.85. The third-order valence-corrected chi connectivity index (χ3v) is 4.93. The molecule has 116 valence electrons. The number of hydrogen-bond donors (Lipinski definition) is 1. The average Bonchev–Trinajstić information content (AvgIpc) is 3.09. The number of rotatable bonds is 3. The van der Waals surface area contributed by atoms with Gasteiger partial charge in [-0.3, -0.25) is 4.99 Å². The molecule has 3 unspecified atom stereocenters. The molecule has 1 aliphatic heterocycles. The molecule has 0 amide bonds. The van der Waals surface area contributed by atoms with Crippen molar-refractivity contribution < 1.29 is 9.15 Å². The Morgan fingerprint density at radius 3 is 3.00 bits per heavy atom. The minimum atomic E-state index is 0.155. The molecule has 2 aliphatic rings. The molecule has 5 heteroatoms. The summed E-state index contributed by atoms with van der Waals surface area (Å²) in [7, 11) is 3.86. The summed E-state index contributed by atoms with van der Waals surface area (Å²) in [6.07, 6.45) is 3.24. The Labute approximate surface area is 126 Å². The molecule has 2 fully saturated rings. The first-order valence-corrected chi connectivity index (χ1v) is 7.62. The normalized spacial score (nSPS) is 30.7. The Morgan fingerprint density at radius 1 is 1.52 bits per heavy atom. The molecule has 0 aromatic carbocycles. The summed E-state index contributed by atoms with van der Waals surface area (Å²) in [6, 6.07) is 4.31. The lowest BCUT2D eigenvalue weighted by Gasteiger charge is -2.55. The largest absolute Gasteiger partial charge is 0.467 e. The zero-order valence-corrected chi connectivity index (χ0v) is 13.3. The second-order valence-corrected chi connectivity index (χ2v) is 6.67. The van der Waals surface area contributed by atoms with Gasteiger partial charge in [0.2, 0.25) is 0 Å². The van der Waals surface area contributed by atoms with Crippen LogP contribution < -0.4 is 5.32 Å². The molecule has 3 atom stereocenters. The van der Waals surface area contributed by atoms with Gasteiger partial charge in [0.25, 0.3) is 0 Å². The predicted molar refractivity (Wildman–Crippen MR) is 82.1 cm³/mol. The van der Waals surface area contributed by atoms with Crippen molar-refractivity contribution >= 4 is 5.96 Å². The van der Waals surface area contributed by atoms with Gasteiger partial charge in [-0.05, 0) is 18.6 Å². The average molecular weight is 291 g/mol. The van der Waals surface area contributed by atoms with Crippen LogP contribution in [0.5, 0.6) is 0 Å². The molecule has 5 nitrogen and oxygen atoms in total. The van der Waals surface area contributed by atoms with Gasteiger partial charge < -0.3 is 19.4 Å². The number of aliphatic imine (C=N–C) groups is 1. The van der Waals surface area contributed by atoms with Gasteiger partial charge in [0.05, 0.1) is 18.9 Å². The van der Waals surface area contributed by atoms with E-state index in [9.17, 15) is 0 Å². The van der Waals surface area contributed by atoms with Crippen molar-refractivity contribution in [2.45, 2.75) is 39.0 Å². The highest BCUT2D eigenvalue weighted by Crippen LogP contribution is 2.52. The monoisotopic (exact) mass is 291 g/mol. The molecule has 1 saturated carbocycles. The number of fused-ring (bicyclic) bond motifs is 1. The summed E-state index contributed by atoms with van der Waals surface area (Å²) >= 11 is 0. The highest BCUT2D eigenvalue weighted by atomic mass is 16.5. The summed E-state index contributed by atoms with van der Waals surface area (Å²) < 4.78 is 11.3. The number of nitrogens with zero attached hydrogens (tertiary/aromatic N) is 2. The fourth-order valence-corrected chi connectivity index (χ4v) is 3.81. The molecule has 0 spiro atoms. The van der Waals surface area contributed by atoms with Gasteiger partial charge in [0.15, 0.2) is 5.96 Å². The van der Waals surface area contributed by atoms with Crippen molar-refractivity contribution in [3.63, 3.8) is 0 Å². The summed E-state index contributed by atoms with van der Waals surface area (Å²) in [5.41, 5.74) is 0.155. The molecule has 0 bridgehead atoms. The molecule has 3 rings (SSSR count). The Hall–Kier alpha value is -1.49. The Balaban J connectivity index is 1.65. The van der Waals surface area contributed by atoms with Crippen LogP contribution in [0.2, 0.25) is 0 Å². The van der Waals surface area contributed by atoms with E-state index < -0.39 is 0 Å². The van der Waals surface area contributed by atoms with Gasteiger partial charge >= 0.3 is 0 Å². The van der Waals surface area contributed by atoms with Crippen LogP contribution in [0.25, 0.3) is 0 Å². The Bertz CT molecular complexity index is 510. The quantitative estimate of drug-likeness (QED) is 0.684. The summed E-state index contributed by atoms with van der Waals surface area (Å²) in [5.74, 6) is 2.46. The molecule has 1 aromatic rings. The number of furan rings is 1. The third kappa shape index (κ3) is 2.44. The van der Waals surface area contributed by atoms with Crippen LogP contribution in [-0.2, 0) is 11.3 Å². The lowest BCUT2D eigenvalue weighted by molar-refractivity contribution is -0.107. The van der Waals surface area contributed by atoms with Crippen molar-refractivity contribution in [3.8, 4) is 0 Å². The van der Waals surface area contributed by atoms with E-state index in [1.165, 1.54) is 0 Å². The fourth-order valence-electron chi connectivity index (χ4n) is 3.81. The van der Waals surface area contributed by atoms with E-state index in [1.807, 2.05) is 26.2 Å². The smallest absolute Gasteiger partial charge is 0.194 e. The third-order valence-electron chi connectivity index (χ3n) is 4.93. The van der Waals surface area contributed by atoms with E-state index in [-0.39, 0.29) is 5.41 Å². The molecule has 2 heterocycles. The first kappa shape index (κ1) is 14.4. The molecular weight excluding hydrogens is 266 g/mol. The van der Waals surface area contributed by atoms with Crippen molar-refractivity contribution in [3.05, 3.63) is 24.2 Å². The van der Waals surface area contributed by atoms with Crippen LogP contribution >= 0.6 is 0 Å². The van der Waals surface area contributed by atoms with Crippen molar-refractivity contribution in [1.29, 1.82) is 0 Å². The summed E-state index contributed by atoms with van der Waals surface area (Å²) in [6.45, 7) is 6.15. The lowest BCUT2D eigenvalue weighted by Crippen LogP contribution is -2.67. The highest BCUT2D eigenvalue weighted by Gasteiger charge is 2.59. The van der Waals surface area contributed by atoms with Crippen LogP contribution in [-0.4, -0.2) is 43.7 Å². The summed E-state index contributed by atoms with van der Waals surface area (Å²) in [4.78, 5) is 6.51. The van der Waals surface area contributed by atoms with Crippen LogP contribution in [0, 0.1) is 11.3 Å². The van der Waals surface area contributed by atoms with E-state index in [4.69, 9.17) is 9.15 Å². The summed E-state index contributed by atoms with van der Waals surface area (Å²) in [5, 5.41) is 3.63. The standard InChI is InChI=1S/C16H25N3O2/c1-16(2)13(12-7-9-21-14(12)16)18-15(17-3)19(4)10-11-6-5-8-20-11/h5-6,8,12-14H,7,9-10H2,1-4H3,(H,17,18). The van der Waals surface area contributed by atoms with Crippen molar-refractivity contribution in [2.24, 2.45) is 16.3 Å². The van der Waals surface area contributed by atoms with Gasteiger partial charge in [-0.25, -0.2) is 0 Å². The maximum atomic E-state index is 5.85. The maximum Gasteiger partial charge on any atom is 0.194 e. The first-order chi connectivity index (χ1) is 10.0. The second kappa shape index (κ2) is 5.37. The second-order valence-electron chi connectivity index (χ2n) is 6.67. The van der Waals surface area contributed by atoms with E-state index in [2.05, 4.69) is 29.1 Å².